The average molecular weight is 417 g/mol. The van der Waals surface area contributed by atoms with Crippen LogP contribution in [0.5, 0.6) is 11.6 Å². The lowest BCUT2D eigenvalue weighted by Crippen LogP contribution is -2.19. The predicted octanol–water partition coefficient (Wildman–Crippen LogP) is 3.05. The van der Waals surface area contributed by atoms with Gasteiger partial charge in [-0.3, -0.25) is 4.79 Å². The number of nitrogens with one attached hydrogen (secondary N) is 1. The summed E-state index contributed by atoms with van der Waals surface area (Å²) >= 11 is 0. The number of rotatable bonds is 7. The van der Waals surface area contributed by atoms with E-state index in [1.165, 1.54) is 43.8 Å². The van der Waals surface area contributed by atoms with Crippen molar-refractivity contribution < 1.29 is 27.4 Å². The van der Waals surface area contributed by atoms with Crippen molar-refractivity contribution in [1.82, 2.24) is 20.4 Å². The van der Waals surface area contributed by atoms with Crippen molar-refractivity contribution in [2.75, 3.05) is 7.11 Å². The Morgan fingerprint density at radius 1 is 1.20 bits per heavy atom. The Hall–Kier alpha value is -4.02. The summed E-state index contributed by atoms with van der Waals surface area (Å²) in [5, 5.41) is 3.70. The van der Waals surface area contributed by atoms with Gasteiger partial charge in [-0.05, 0) is 24.3 Å². The lowest BCUT2D eigenvalue weighted by atomic mass is 10.2. The maximum absolute atomic E-state index is 13.7. The number of nitrogens with zero attached hydrogens (tertiary/aromatic N) is 4. The minimum Gasteiger partial charge on any atom is -0.495 e. The Morgan fingerprint density at radius 2 is 2.03 bits per heavy atom. The number of carbonyl (C=O) groups excluding carboxylic acids is 1. The molecule has 154 valence electrons. The molecule has 0 spiro atoms. The van der Waals surface area contributed by atoms with Crippen molar-refractivity contribution in [2.24, 2.45) is 5.10 Å². The second-order valence-electron chi connectivity index (χ2n) is 5.63. The minimum atomic E-state index is -2.98. The summed E-state index contributed by atoms with van der Waals surface area (Å²) in [5.41, 5.74) is 3.15. The number of hydrazone groups is 1. The van der Waals surface area contributed by atoms with E-state index in [1.54, 1.807) is 12.1 Å². The molecular weight excluding hydrogens is 403 g/mol. The van der Waals surface area contributed by atoms with Crippen molar-refractivity contribution in [3.8, 4) is 22.9 Å². The van der Waals surface area contributed by atoms with Crippen molar-refractivity contribution >= 4 is 12.1 Å². The molecule has 0 fully saturated rings. The molecule has 0 bridgehead atoms. The highest BCUT2D eigenvalue weighted by molar-refractivity contribution is 5.93. The first-order chi connectivity index (χ1) is 14.5. The summed E-state index contributed by atoms with van der Waals surface area (Å²) in [6.07, 6.45) is 3.58. The zero-order chi connectivity index (χ0) is 21.5. The number of aromatic nitrogens is 3. The van der Waals surface area contributed by atoms with Gasteiger partial charge < -0.3 is 9.47 Å². The van der Waals surface area contributed by atoms with Crippen LogP contribution in [0.1, 0.15) is 16.1 Å². The van der Waals surface area contributed by atoms with Crippen LogP contribution in [0.25, 0.3) is 11.3 Å². The van der Waals surface area contributed by atoms with Gasteiger partial charge in [-0.25, -0.2) is 20.4 Å². The molecule has 0 aromatic carbocycles. The van der Waals surface area contributed by atoms with Crippen LogP contribution in [0.2, 0.25) is 0 Å². The van der Waals surface area contributed by atoms with E-state index in [9.17, 15) is 18.0 Å². The molecule has 1 amide bonds. The molecule has 8 nitrogen and oxygen atoms in total. The summed E-state index contributed by atoms with van der Waals surface area (Å²) in [5.74, 6) is -1.33. The maximum atomic E-state index is 13.7. The molecule has 1 N–H and O–H groups in total. The quantitative estimate of drug-likeness (QED) is 0.360. The average Bonchev–Trinajstić information content (AvgIpc) is 2.75. The molecule has 3 rings (SSSR count). The second-order valence-corrected chi connectivity index (χ2v) is 5.63. The van der Waals surface area contributed by atoms with Gasteiger partial charge >= 0.3 is 6.61 Å². The molecule has 0 saturated heterocycles. The summed E-state index contributed by atoms with van der Waals surface area (Å²) in [4.78, 5) is 23.7. The fraction of sp³-hybridized carbons (Fsp3) is 0.105. The number of carbonyl (C=O) groups is 1. The maximum Gasteiger partial charge on any atom is 0.388 e. The summed E-state index contributed by atoms with van der Waals surface area (Å²) in [6, 6.07) is 8.75. The van der Waals surface area contributed by atoms with E-state index in [0.29, 0.717) is 17.0 Å². The Balaban J connectivity index is 1.70. The Bertz CT molecular complexity index is 1060. The van der Waals surface area contributed by atoms with Crippen LogP contribution in [-0.4, -0.2) is 40.8 Å². The highest BCUT2D eigenvalue weighted by Gasteiger charge is 2.10. The smallest absolute Gasteiger partial charge is 0.388 e. The van der Waals surface area contributed by atoms with Crippen LogP contribution in [-0.2, 0) is 0 Å². The van der Waals surface area contributed by atoms with Gasteiger partial charge in [0.15, 0.2) is 0 Å². The molecule has 3 heterocycles. The van der Waals surface area contributed by atoms with Crippen LogP contribution < -0.4 is 14.9 Å². The number of hydrogen-bond donors (Lipinski definition) is 1. The van der Waals surface area contributed by atoms with E-state index in [2.05, 4.69) is 30.2 Å². The van der Waals surface area contributed by atoms with E-state index in [1.807, 2.05) is 0 Å². The first-order valence-corrected chi connectivity index (χ1v) is 8.37. The topological polar surface area (TPSA) is 98.6 Å². The van der Waals surface area contributed by atoms with Gasteiger partial charge in [-0.15, -0.1) is 0 Å². The summed E-state index contributed by atoms with van der Waals surface area (Å²) in [6.45, 7) is -2.98. The zero-order valence-corrected chi connectivity index (χ0v) is 15.4. The zero-order valence-electron chi connectivity index (χ0n) is 15.4. The third kappa shape index (κ3) is 5.28. The van der Waals surface area contributed by atoms with Gasteiger partial charge in [0, 0.05) is 17.8 Å². The van der Waals surface area contributed by atoms with E-state index in [0.717, 1.165) is 6.21 Å². The Labute approximate surface area is 168 Å². The third-order valence-corrected chi connectivity index (χ3v) is 3.67. The van der Waals surface area contributed by atoms with E-state index >= 15 is 0 Å². The van der Waals surface area contributed by atoms with Gasteiger partial charge in [0.1, 0.15) is 11.4 Å². The van der Waals surface area contributed by atoms with Gasteiger partial charge in [-0.2, -0.15) is 18.3 Å². The normalized spacial score (nSPS) is 11.0. The van der Waals surface area contributed by atoms with Crippen molar-refractivity contribution in [1.29, 1.82) is 0 Å². The second kappa shape index (κ2) is 9.45. The third-order valence-electron chi connectivity index (χ3n) is 3.67. The number of amides is 1. The SMILES string of the molecule is COc1cnc(F)c(/C=N/NC(=O)c2cccc(-c3ccc(OC(F)F)nc3)n2)c1. The monoisotopic (exact) mass is 417 g/mol. The molecule has 11 heteroatoms. The summed E-state index contributed by atoms with van der Waals surface area (Å²) < 4.78 is 47.2. The standard InChI is InChI=1S/C19H14F3N5O3/c1-29-13-7-12(17(20)24-10-13)9-25-27-18(28)15-4-2-3-14(26-15)11-5-6-16(23-8-11)30-19(21)22/h2-10,19H,1H3,(H,27,28)/b25-9+. The van der Waals surface area contributed by atoms with Gasteiger partial charge in [0.2, 0.25) is 11.8 Å². The highest BCUT2D eigenvalue weighted by atomic mass is 19.3. The Morgan fingerprint density at radius 3 is 2.73 bits per heavy atom. The van der Waals surface area contributed by atoms with Crippen LogP contribution in [0.3, 0.4) is 0 Å². The molecule has 3 aromatic heterocycles. The summed E-state index contributed by atoms with van der Waals surface area (Å²) in [7, 11) is 1.41. The molecule has 30 heavy (non-hydrogen) atoms. The van der Waals surface area contributed by atoms with Crippen molar-refractivity contribution in [2.45, 2.75) is 6.61 Å². The van der Waals surface area contributed by atoms with Crippen LogP contribution in [0, 0.1) is 5.95 Å². The predicted molar refractivity (Wildman–Crippen MR) is 99.9 cm³/mol. The first kappa shape index (κ1) is 20.7. The lowest BCUT2D eigenvalue weighted by Gasteiger charge is -2.06. The molecule has 3 aromatic rings. The van der Waals surface area contributed by atoms with E-state index in [4.69, 9.17) is 4.74 Å². The molecule has 0 aliphatic rings. The van der Waals surface area contributed by atoms with E-state index in [-0.39, 0.29) is 17.1 Å². The fourth-order valence-corrected chi connectivity index (χ4v) is 2.28. The molecule has 0 atom stereocenters. The fourth-order valence-electron chi connectivity index (χ4n) is 2.28. The molecule has 0 aliphatic heterocycles. The van der Waals surface area contributed by atoms with Gasteiger partial charge in [-0.1, -0.05) is 6.07 Å². The van der Waals surface area contributed by atoms with Crippen molar-refractivity contribution in [3.05, 3.63) is 66.0 Å². The first-order valence-electron chi connectivity index (χ1n) is 8.37. The molecule has 0 unspecified atom stereocenters. The van der Waals surface area contributed by atoms with Gasteiger partial charge in [0.25, 0.3) is 5.91 Å². The van der Waals surface area contributed by atoms with E-state index < -0.39 is 18.5 Å². The largest absolute Gasteiger partial charge is 0.495 e. The minimum absolute atomic E-state index is 0.0218. The number of halogens is 3. The number of ether oxygens (including phenoxy) is 2. The molecule has 0 aliphatic carbocycles. The van der Waals surface area contributed by atoms with Crippen molar-refractivity contribution in [3.63, 3.8) is 0 Å². The number of alkyl halides is 2. The molecule has 0 radical (unpaired) electrons. The number of methoxy groups -OCH3 is 1. The lowest BCUT2D eigenvalue weighted by molar-refractivity contribution is -0.0528. The van der Waals surface area contributed by atoms with Crippen LogP contribution in [0.4, 0.5) is 13.2 Å². The Kier molecular flexibility index (Phi) is 6.53. The van der Waals surface area contributed by atoms with Crippen LogP contribution >= 0.6 is 0 Å². The molecular formula is C19H14F3N5O3. The van der Waals surface area contributed by atoms with Crippen LogP contribution in [0.15, 0.2) is 53.9 Å². The number of pyridine rings is 3. The highest BCUT2D eigenvalue weighted by Crippen LogP contribution is 2.19. The van der Waals surface area contributed by atoms with Gasteiger partial charge in [0.05, 0.1) is 30.8 Å². The number of hydrogen-bond acceptors (Lipinski definition) is 7. The molecule has 0 saturated carbocycles.